The fourth-order valence-electron chi connectivity index (χ4n) is 4.22. The minimum absolute atomic E-state index is 0.0507. The van der Waals surface area contributed by atoms with Crippen molar-refractivity contribution in [3.8, 4) is 11.5 Å². The van der Waals surface area contributed by atoms with Crippen LogP contribution in [0.2, 0.25) is 0 Å². The van der Waals surface area contributed by atoms with E-state index >= 15 is 0 Å². The van der Waals surface area contributed by atoms with Gasteiger partial charge in [0.1, 0.15) is 5.75 Å². The molecule has 0 spiro atoms. The Kier molecular flexibility index (Phi) is 5.76. The van der Waals surface area contributed by atoms with E-state index in [1.807, 2.05) is 36.4 Å². The number of H-pyrrole nitrogens is 1. The highest BCUT2D eigenvalue weighted by Crippen LogP contribution is 2.30. The van der Waals surface area contributed by atoms with Crippen LogP contribution < -0.4 is 10.1 Å². The molecule has 1 atom stereocenters. The molecule has 0 aliphatic carbocycles. The van der Waals surface area contributed by atoms with Crippen molar-refractivity contribution in [2.24, 2.45) is 5.92 Å². The number of aromatic amines is 1. The number of carbonyl (C=O) groups excluding carboxylic acids is 2. The molecule has 7 nitrogen and oxygen atoms in total. The maximum atomic E-state index is 13.2. The third-order valence-corrected chi connectivity index (χ3v) is 5.91. The number of likely N-dealkylation sites (tertiary alicyclic amines) is 1. The first kappa shape index (κ1) is 20.8. The van der Waals surface area contributed by atoms with Crippen molar-refractivity contribution in [1.29, 1.82) is 0 Å². The predicted octanol–water partition coefficient (Wildman–Crippen LogP) is 4.85. The average Bonchev–Trinajstić information content (AvgIpc) is 3.30. The number of aromatic nitrogens is 2. The lowest BCUT2D eigenvalue weighted by molar-refractivity contribution is -0.121. The number of ether oxygens (including phenoxy) is 1. The molecule has 2 amide bonds. The minimum Gasteiger partial charge on any atom is -0.454 e. The summed E-state index contributed by atoms with van der Waals surface area (Å²) in [4.78, 5) is 35.3. The van der Waals surface area contributed by atoms with Gasteiger partial charge in [-0.2, -0.15) is 0 Å². The standard InChI is InChI=1S/C26H24N4O3/c31-25(29-23-11-3-4-12-24(23)33-19-8-5-13-27-15-19)18-7-6-14-30(17-18)26(32)21-16-28-22-10-2-1-9-20(21)22/h1-5,8-13,15-16,18,28H,6-7,14,17H2,(H,29,31)/t18-/m0/s1. The monoisotopic (exact) mass is 440 g/mol. The zero-order chi connectivity index (χ0) is 22.6. The lowest BCUT2D eigenvalue weighted by atomic mass is 9.96. The van der Waals surface area contributed by atoms with Gasteiger partial charge in [0.05, 0.1) is 23.4 Å². The van der Waals surface area contributed by atoms with Crippen molar-refractivity contribution in [2.45, 2.75) is 12.8 Å². The zero-order valence-electron chi connectivity index (χ0n) is 18.0. The van der Waals surface area contributed by atoms with Crippen LogP contribution in [0.4, 0.5) is 5.69 Å². The van der Waals surface area contributed by atoms with Crippen molar-refractivity contribution in [2.75, 3.05) is 18.4 Å². The van der Waals surface area contributed by atoms with Crippen molar-refractivity contribution in [1.82, 2.24) is 14.9 Å². The Bertz CT molecular complexity index is 1280. The lowest BCUT2D eigenvalue weighted by Gasteiger charge is -2.32. The molecular formula is C26H24N4O3. The largest absolute Gasteiger partial charge is 0.454 e. The highest BCUT2D eigenvalue weighted by atomic mass is 16.5. The number of fused-ring (bicyclic) bond motifs is 1. The maximum Gasteiger partial charge on any atom is 0.256 e. The Hall–Kier alpha value is -4.13. The Morgan fingerprint density at radius 3 is 2.79 bits per heavy atom. The van der Waals surface area contributed by atoms with E-state index in [9.17, 15) is 9.59 Å². The first-order chi connectivity index (χ1) is 16.2. The van der Waals surface area contributed by atoms with Crippen LogP contribution in [0.1, 0.15) is 23.2 Å². The minimum atomic E-state index is -0.292. The van der Waals surface area contributed by atoms with Crippen LogP contribution in [0.3, 0.4) is 0 Å². The van der Waals surface area contributed by atoms with Gasteiger partial charge in [0.2, 0.25) is 5.91 Å². The van der Waals surface area contributed by atoms with Crippen LogP contribution >= 0.6 is 0 Å². The molecule has 5 rings (SSSR count). The van der Waals surface area contributed by atoms with E-state index < -0.39 is 0 Å². The van der Waals surface area contributed by atoms with Crippen molar-refractivity contribution in [3.63, 3.8) is 0 Å². The van der Waals surface area contributed by atoms with Gasteiger partial charge in [-0.05, 0) is 43.2 Å². The molecule has 0 unspecified atom stereocenters. The number of rotatable bonds is 5. The Morgan fingerprint density at radius 2 is 1.91 bits per heavy atom. The number of amides is 2. The van der Waals surface area contributed by atoms with Crippen LogP contribution in [0.5, 0.6) is 11.5 Å². The lowest BCUT2D eigenvalue weighted by Crippen LogP contribution is -2.43. The van der Waals surface area contributed by atoms with E-state index in [1.165, 1.54) is 0 Å². The number of carbonyl (C=O) groups is 2. The number of nitrogens with one attached hydrogen (secondary N) is 2. The molecule has 0 saturated carbocycles. The van der Waals surface area contributed by atoms with Crippen molar-refractivity contribution < 1.29 is 14.3 Å². The van der Waals surface area contributed by atoms with E-state index in [0.717, 1.165) is 23.7 Å². The molecule has 1 saturated heterocycles. The van der Waals surface area contributed by atoms with E-state index in [1.54, 1.807) is 47.8 Å². The molecule has 2 N–H and O–H groups in total. The Labute approximate surface area is 191 Å². The molecule has 0 bridgehead atoms. The summed E-state index contributed by atoms with van der Waals surface area (Å²) in [5.74, 6) is 0.673. The van der Waals surface area contributed by atoms with Gasteiger partial charge >= 0.3 is 0 Å². The first-order valence-corrected chi connectivity index (χ1v) is 11.0. The second kappa shape index (κ2) is 9.16. The molecule has 3 heterocycles. The van der Waals surface area contributed by atoms with Gasteiger partial charge in [-0.1, -0.05) is 30.3 Å². The molecule has 166 valence electrons. The number of hydrogen-bond acceptors (Lipinski definition) is 4. The van der Waals surface area contributed by atoms with E-state index in [-0.39, 0.29) is 17.7 Å². The normalized spacial score (nSPS) is 15.9. The summed E-state index contributed by atoms with van der Waals surface area (Å²) in [7, 11) is 0. The van der Waals surface area contributed by atoms with Gasteiger partial charge in [0, 0.05) is 36.4 Å². The maximum absolute atomic E-state index is 13.2. The summed E-state index contributed by atoms with van der Waals surface area (Å²) in [6.45, 7) is 1.03. The van der Waals surface area contributed by atoms with E-state index in [2.05, 4.69) is 15.3 Å². The fourth-order valence-corrected chi connectivity index (χ4v) is 4.22. The van der Waals surface area contributed by atoms with Gasteiger partial charge in [0.25, 0.3) is 5.91 Å². The Balaban J connectivity index is 1.29. The zero-order valence-corrected chi connectivity index (χ0v) is 18.0. The number of anilines is 1. The van der Waals surface area contributed by atoms with Gasteiger partial charge in [0.15, 0.2) is 5.75 Å². The Morgan fingerprint density at radius 1 is 1.06 bits per heavy atom. The third kappa shape index (κ3) is 4.43. The molecule has 2 aromatic heterocycles. The molecule has 2 aromatic carbocycles. The van der Waals surface area contributed by atoms with Gasteiger partial charge in [-0.25, -0.2) is 0 Å². The van der Waals surface area contributed by atoms with Crippen LogP contribution in [0.25, 0.3) is 10.9 Å². The second-order valence-electron chi connectivity index (χ2n) is 8.11. The molecule has 4 aromatic rings. The predicted molar refractivity (Wildman–Crippen MR) is 126 cm³/mol. The molecule has 33 heavy (non-hydrogen) atoms. The molecular weight excluding hydrogens is 416 g/mol. The summed E-state index contributed by atoms with van der Waals surface area (Å²) < 4.78 is 5.90. The van der Waals surface area contributed by atoms with Gasteiger partial charge < -0.3 is 19.9 Å². The van der Waals surface area contributed by atoms with Crippen LogP contribution in [0.15, 0.2) is 79.3 Å². The van der Waals surface area contributed by atoms with Crippen molar-refractivity contribution >= 4 is 28.4 Å². The number of piperidine rings is 1. The summed E-state index contributed by atoms with van der Waals surface area (Å²) in [6, 6.07) is 18.6. The summed E-state index contributed by atoms with van der Waals surface area (Å²) >= 11 is 0. The number of para-hydroxylation sites is 3. The molecule has 1 fully saturated rings. The van der Waals surface area contributed by atoms with Crippen LogP contribution in [0, 0.1) is 5.92 Å². The number of pyridine rings is 1. The van der Waals surface area contributed by atoms with Crippen molar-refractivity contribution in [3.05, 3.63) is 84.8 Å². The topological polar surface area (TPSA) is 87.3 Å². The molecule has 0 radical (unpaired) electrons. The summed E-state index contributed by atoms with van der Waals surface area (Å²) in [5, 5.41) is 3.89. The first-order valence-electron chi connectivity index (χ1n) is 11.0. The van der Waals surface area contributed by atoms with Gasteiger partial charge in [-0.15, -0.1) is 0 Å². The van der Waals surface area contributed by atoms with Gasteiger partial charge in [-0.3, -0.25) is 14.6 Å². The highest BCUT2D eigenvalue weighted by Gasteiger charge is 2.30. The highest BCUT2D eigenvalue weighted by molar-refractivity contribution is 6.07. The quantitative estimate of drug-likeness (QED) is 0.465. The third-order valence-electron chi connectivity index (χ3n) is 5.91. The molecule has 1 aliphatic heterocycles. The summed E-state index contributed by atoms with van der Waals surface area (Å²) in [5.41, 5.74) is 2.16. The second-order valence-corrected chi connectivity index (χ2v) is 8.11. The van der Waals surface area contributed by atoms with E-state index in [4.69, 9.17) is 4.74 Å². The number of nitrogens with zero attached hydrogens (tertiary/aromatic N) is 2. The fraction of sp³-hybridized carbons (Fsp3) is 0.192. The number of hydrogen-bond donors (Lipinski definition) is 2. The average molecular weight is 441 g/mol. The molecule has 7 heteroatoms. The summed E-state index contributed by atoms with van der Waals surface area (Å²) in [6.07, 6.45) is 6.55. The SMILES string of the molecule is O=C(Nc1ccccc1Oc1cccnc1)[C@H]1CCCN(C(=O)c2c[nH]c3ccccc23)C1. The number of benzene rings is 2. The van der Waals surface area contributed by atoms with E-state index in [0.29, 0.717) is 35.8 Å². The van der Waals surface area contributed by atoms with Crippen LogP contribution in [-0.2, 0) is 4.79 Å². The smallest absolute Gasteiger partial charge is 0.256 e. The van der Waals surface area contributed by atoms with Crippen LogP contribution in [-0.4, -0.2) is 39.8 Å². The molecule has 1 aliphatic rings.